The van der Waals surface area contributed by atoms with Crippen molar-refractivity contribution in [1.29, 1.82) is 0 Å². The molecule has 1 unspecified atom stereocenters. The quantitative estimate of drug-likeness (QED) is 0.843. The van der Waals surface area contributed by atoms with Gasteiger partial charge in [0, 0.05) is 22.0 Å². The van der Waals surface area contributed by atoms with Crippen LogP contribution in [-0.2, 0) is 4.74 Å². The molecule has 1 atom stereocenters. The highest BCUT2D eigenvalue weighted by molar-refractivity contribution is 9.09. The Kier molecular flexibility index (Phi) is 5.78. The van der Waals surface area contributed by atoms with E-state index in [2.05, 4.69) is 21.2 Å². The lowest BCUT2D eigenvalue weighted by Crippen LogP contribution is -2.18. The number of carbonyl (C=O) groups is 1. The average molecular weight is 321 g/mol. The number of alkyl halides is 1. The molecule has 0 aromatic heterocycles. The molecule has 0 radical (unpaired) electrons. The Bertz CT molecular complexity index is 398. The van der Waals surface area contributed by atoms with Gasteiger partial charge in [0.1, 0.15) is 0 Å². The van der Waals surface area contributed by atoms with Crippen LogP contribution in [0, 0.1) is 12.8 Å². The van der Waals surface area contributed by atoms with Crippen LogP contribution in [-0.4, -0.2) is 18.0 Å². The number of amides is 1. The second-order valence-electron chi connectivity index (χ2n) is 3.95. The van der Waals surface area contributed by atoms with Crippen LogP contribution in [0.25, 0.3) is 0 Å². The number of benzene rings is 1. The minimum Gasteiger partial charge on any atom is -0.449 e. The third kappa shape index (κ3) is 4.96. The number of halogens is 2. The monoisotopic (exact) mass is 319 g/mol. The number of aryl methyl sites for hydroxylation is 1. The number of anilines is 1. The molecule has 17 heavy (non-hydrogen) atoms. The number of nitrogens with one attached hydrogen (secondary N) is 1. The Morgan fingerprint density at radius 2 is 2.29 bits per heavy atom. The molecule has 1 N–H and O–H groups in total. The van der Waals surface area contributed by atoms with Gasteiger partial charge >= 0.3 is 6.09 Å². The summed E-state index contributed by atoms with van der Waals surface area (Å²) in [7, 11) is 0. The largest absolute Gasteiger partial charge is 0.449 e. The first kappa shape index (κ1) is 14.3. The summed E-state index contributed by atoms with van der Waals surface area (Å²) in [5.74, 6) is 0.294. The second-order valence-corrected chi connectivity index (χ2v) is 5.00. The van der Waals surface area contributed by atoms with Gasteiger partial charge in [0.2, 0.25) is 0 Å². The van der Waals surface area contributed by atoms with Gasteiger partial charge in [-0.1, -0.05) is 40.5 Å². The van der Waals surface area contributed by atoms with Gasteiger partial charge in [-0.25, -0.2) is 4.79 Å². The van der Waals surface area contributed by atoms with Crippen LogP contribution in [0.1, 0.15) is 12.5 Å². The predicted molar refractivity (Wildman–Crippen MR) is 74.1 cm³/mol. The van der Waals surface area contributed by atoms with E-state index in [0.29, 0.717) is 23.2 Å². The molecule has 94 valence electrons. The zero-order chi connectivity index (χ0) is 12.8. The van der Waals surface area contributed by atoms with Crippen molar-refractivity contribution in [3.8, 4) is 0 Å². The van der Waals surface area contributed by atoms with Crippen molar-refractivity contribution in [3.63, 3.8) is 0 Å². The molecule has 0 heterocycles. The molecule has 0 fully saturated rings. The van der Waals surface area contributed by atoms with Crippen molar-refractivity contribution in [3.05, 3.63) is 28.8 Å². The van der Waals surface area contributed by atoms with Crippen LogP contribution in [0.5, 0.6) is 0 Å². The van der Waals surface area contributed by atoms with Gasteiger partial charge in [0.15, 0.2) is 0 Å². The molecule has 1 amide bonds. The molecular weight excluding hydrogens is 305 g/mol. The van der Waals surface area contributed by atoms with Gasteiger partial charge in [-0.15, -0.1) is 0 Å². The summed E-state index contributed by atoms with van der Waals surface area (Å²) in [5.41, 5.74) is 1.61. The molecule has 3 nitrogen and oxygen atoms in total. The minimum absolute atomic E-state index is 0.294. The van der Waals surface area contributed by atoms with Crippen molar-refractivity contribution in [1.82, 2.24) is 0 Å². The summed E-state index contributed by atoms with van der Waals surface area (Å²) in [4.78, 5) is 11.4. The van der Waals surface area contributed by atoms with E-state index in [0.717, 1.165) is 10.9 Å². The van der Waals surface area contributed by atoms with E-state index in [1.54, 1.807) is 12.1 Å². The number of ether oxygens (including phenoxy) is 1. The lowest BCUT2D eigenvalue weighted by Gasteiger charge is -2.10. The maximum Gasteiger partial charge on any atom is 0.411 e. The molecule has 1 aromatic rings. The van der Waals surface area contributed by atoms with Crippen molar-refractivity contribution in [2.75, 3.05) is 17.3 Å². The summed E-state index contributed by atoms with van der Waals surface area (Å²) in [6.07, 6.45) is -0.460. The fraction of sp³-hybridized carbons (Fsp3) is 0.417. The van der Waals surface area contributed by atoms with E-state index in [4.69, 9.17) is 16.3 Å². The lowest BCUT2D eigenvalue weighted by molar-refractivity contribution is 0.148. The fourth-order valence-corrected chi connectivity index (χ4v) is 1.45. The van der Waals surface area contributed by atoms with Gasteiger partial charge in [-0.05, 0) is 24.6 Å². The molecule has 0 spiro atoms. The number of hydrogen-bond acceptors (Lipinski definition) is 2. The van der Waals surface area contributed by atoms with Crippen molar-refractivity contribution in [2.45, 2.75) is 13.8 Å². The average Bonchev–Trinajstić information content (AvgIpc) is 2.31. The van der Waals surface area contributed by atoms with Crippen LogP contribution in [0.2, 0.25) is 5.02 Å². The topological polar surface area (TPSA) is 38.3 Å². The summed E-state index contributed by atoms with van der Waals surface area (Å²) in [6, 6.07) is 5.33. The standard InChI is InChI=1S/C12H15BrClNO2/c1-8(6-13)7-17-12(16)15-10-4-3-9(2)11(14)5-10/h3-5,8H,6-7H2,1-2H3,(H,15,16). The zero-order valence-electron chi connectivity index (χ0n) is 9.80. The van der Waals surface area contributed by atoms with Crippen LogP contribution < -0.4 is 5.32 Å². The first-order valence-corrected chi connectivity index (χ1v) is 6.78. The third-order valence-corrected chi connectivity index (χ3v) is 3.69. The van der Waals surface area contributed by atoms with E-state index in [1.807, 2.05) is 19.9 Å². The number of rotatable bonds is 4. The summed E-state index contributed by atoms with van der Waals surface area (Å²) in [6.45, 7) is 4.28. The second kappa shape index (κ2) is 6.87. The van der Waals surface area contributed by atoms with E-state index in [9.17, 15) is 4.79 Å². The first-order chi connectivity index (χ1) is 8.02. The van der Waals surface area contributed by atoms with E-state index >= 15 is 0 Å². The van der Waals surface area contributed by atoms with Gasteiger partial charge in [0.05, 0.1) is 6.61 Å². The van der Waals surface area contributed by atoms with Crippen LogP contribution in [0.3, 0.4) is 0 Å². The van der Waals surface area contributed by atoms with Crippen LogP contribution in [0.4, 0.5) is 10.5 Å². The Hall–Kier alpha value is -0.740. The fourth-order valence-electron chi connectivity index (χ4n) is 1.09. The molecule has 0 saturated heterocycles. The number of hydrogen-bond donors (Lipinski definition) is 1. The summed E-state index contributed by atoms with van der Waals surface area (Å²) in [5, 5.41) is 4.05. The first-order valence-electron chi connectivity index (χ1n) is 5.29. The van der Waals surface area contributed by atoms with Crippen molar-refractivity contribution < 1.29 is 9.53 Å². The van der Waals surface area contributed by atoms with E-state index < -0.39 is 6.09 Å². The van der Waals surface area contributed by atoms with Gasteiger partial charge < -0.3 is 4.74 Å². The summed E-state index contributed by atoms with van der Waals surface area (Å²) >= 11 is 9.27. The molecule has 0 aliphatic rings. The van der Waals surface area contributed by atoms with Crippen LogP contribution >= 0.6 is 27.5 Å². The Balaban J connectivity index is 2.48. The molecule has 5 heteroatoms. The molecule has 1 rings (SSSR count). The third-order valence-electron chi connectivity index (χ3n) is 2.18. The predicted octanol–water partition coefficient (Wildman–Crippen LogP) is 4.23. The Labute approximate surface area is 115 Å². The normalized spacial score (nSPS) is 12.0. The highest BCUT2D eigenvalue weighted by Gasteiger charge is 2.07. The van der Waals surface area contributed by atoms with Gasteiger partial charge in [-0.2, -0.15) is 0 Å². The highest BCUT2D eigenvalue weighted by Crippen LogP contribution is 2.20. The SMILES string of the molecule is Cc1ccc(NC(=O)OCC(C)CBr)cc1Cl. The van der Waals surface area contributed by atoms with Crippen molar-refractivity contribution >= 4 is 39.3 Å². The molecule has 0 saturated carbocycles. The number of carbonyl (C=O) groups excluding carboxylic acids is 1. The minimum atomic E-state index is -0.460. The van der Waals surface area contributed by atoms with Crippen molar-refractivity contribution in [2.24, 2.45) is 5.92 Å². The van der Waals surface area contributed by atoms with Crippen LogP contribution in [0.15, 0.2) is 18.2 Å². The van der Waals surface area contributed by atoms with Gasteiger partial charge in [-0.3, -0.25) is 5.32 Å². The smallest absolute Gasteiger partial charge is 0.411 e. The molecule has 0 bridgehead atoms. The molecule has 1 aromatic carbocycles. The molecule has 0 aliphatic heterocycles. The van der Waals surface area contributed by atoms with Gasteiger partial charge in [0.25, 0.3) is 0 Å². The van der Waals surface area contributed by atoms with E-state index in [-0.39, 0.29) is 0 Å². The zero-order valence-corrected chi connectivity index (χ0v) is 12.1. The highest BCUT2D eigenvalue weighted by atomic mass is 79.9. The maximum atomic E-state index is 11.4. The molecular formula is C12H15BrClNO2. The lowest BCUT2D eigenvalue weighted by atomic mass is 10.2. The summed E-state index contributed by atoms with van der Waals surface area (Å²) < 4.78 is 5.05. The molecule has 0 aliphatic carbocycles. The Morgan fingerprint density at radius 1 is 1.59 bits per heavy atom. The maximum absolute atomic E-state index is 11.4. The Morgan fingerprint density at radius 3 is 2.88 bits per heavy atom. The van der Waals surface area contributed by atoms with E-state index in [1.165, 1.54) is 0 Å².